The summed E-state index contributed by atoms with van der Waals surface area (Å²) in [4.78, 5) is 28.5. The molecule has 7 rings (SSSR count). The molecule has 0 bridgehead atoms. The lowest BCUT2D eigenvalue weighted by molar-refractivity contribution is 0.248. The summed E-state index contributed by atoms with van der Waals surface area (Å²) in [6, 6.07) is 9.01. The highest BCUT2D eigenvalue weighted by Gasteiger charge is 2.23. The van der Waals surface area contributed by atoms with Gasteiger partial charge in [0.25, 0.3) is 0 Å². The number of fused-ring (bicyclic) bond motifs is 3. The Kier molecular flexibility index (Phi) is 7.25. The minimum Gasteiger partial charge on any atom is -0.461 e. The maximum Gasteiger partial charge on any atom is 0.309 e. The molecule has 4 aromatic heterocycles. The molecule has 0 amide bonds. The second-order valence-electron chi connectivity index (χ2n) is 10.5. The lowest BCUT2D eigenvalue weighted by Crippen LogP contribution is -2.47. The first-order chi connectivity index (χ1) is 20.4. The Labute approximate surface area is 246 Å². The van der Waals surface area contributed by atoms with Crippen LogP contribution in [-0.4, -0.2) is 95.5 Å². The predicted molar refractivity (Wildman–Crippen MR) is 161 cm³/mol. The zero-order chi connectivity index (χ0) is 28.8. The second-order valence-corrected chi connectivity index (χ2v) is 13.2. The number of benzene rings is 1. The van der Waals surface area contributed by atoms with Gasteiger partial charge in [0.2, 0.25) is 11.8 Å². The van der Waals surface area contributed by atoms with Crippen LogP contribution in [0.25, 0.3) is 27.6 Å². The van der Waals surface area contributed by atoms with E-state index in [2.05, 4.69) is 29.8 Å². The van der Waals surface area contributed by atoms with Crippen LogP contribution in [0.15, 0.2) is 45.8 Å². The Hall–Kier alpha value is -3.66. The lowest BCUT2D eigenvalue weighted by atomic mass is 10.1. The van der Waals surface area contributed by atoms with Gasteiger partial charge in [0, 0.05) is 81.2 Å². The Morgan fingerprint density at radius 3 is 2.55 bits per heavy atom. The highest BCUT2D eigenvalue weighted by atomic mass is 32.2. The average Bonchev–Trinajstić information content (AvgIpc) is 3.73. The fourth-order valence-electron chi connectivity index (χ4n) is 5.59. The van der Waals surface area contributed by atoms with Gasteiger partial charge in [-0.05, 0) is 29.8 Å². The van der Waals surface area contributed by atoms with Crippen molar-refractivity contribution in [3.8, 4) is 11.6 Å². The van der Waals surface area contributed by atoms with Crippen LogP contribution in [-0.2, 0) is 23.9 Å². The summed E-state index contributed by atoms with van der Waals surface area (Å²) < 4.78 is 35.8. The van der Waals surface area contributed by atoms with Crippen molar-refractivity contribution in [2.45, 2.75) is 13.1 Å². The summed E-state index contributed by atoms with van der Waals surface area (Å²) in [6.07, 6.45) is 1.54. The van der Waals surface area contributed by atoms with Crippen LogP contribution in [0.3, 0.4) is 0 Å². The number of thiazole rings is 1. The first kappa shape index (κ1) is 27.2. The molecule has 6 heterocycles. The quantitative estimate of drug-likeness (QED) is 0.291. The normalized spacial score (nSPS) is 17.6. The first-order valence-electron chi connectivity index (χ1n) is 13.9. The fourth-order valence-corrected chi connectivity index (χ4v) is 7.65. The van der Waals surface area contributed by atoms with Crippen LogP contribution >= 0.6 is 11.3 Å². The van der Waals surface area contributed by atoms with E-state index in [1.54, 1.807) is 29.0 Å². The molecule has 12 nitrogen and oxygen atoms in total. The first-order valence-corrected chi connectivity index (χ1v) is 16.2. The Bertz CT molecular complexity index is 1820. The van der Waals surface area contributed by atoms with Crippen molar-refractivity contribution in [3.63, 3.8) is 0 Å². The number of piperazine rings is 1. The number of furan rings is 1. The van der Waals surface area contributed by atoms with E-state index in [1.807, 2.05) is 12.1 Å². The van der Waals surface area contributed by atoms with E-state index in [4.69, 9.17) is 10.2 Å². The summed E-state index contributed by atoms with van der Waals surface area (Å²) in [5.74, 6) is 2.18. The molecule has 0 spiro atoms. The average molecular weight is 612 g/mol. The zero-order valence-electron chi connectivity index (χ0n) is 22.8. The van der Waals surface area contributed by atoms with Gasteiger partial charge in [0.15, 0.2) is 17.1 Å². The van der Waals surface area contributed by atoms with Crippen molar-refractivity contribution in [3.05, 3.63) is 57.6 Å². The van der Waals surface area contributed by atoms with E-state index in [1.165, 1.54) is 4.52 Å². The number of rotatable bonds is 7. The van der Waals surface area contributed by atoms with E-state index in [0.717, 1.165) is 43.1 Å². The van der Waals surface area contributed by atoms with Crippen molar-refractivity contribution in [1.82, 2.24) is 33.9 Å². The van der Waals surface area contributed by atoms with Gasteiger partial charge in [-0.25, -0.2) is 9.37 Å². The number of nitrogens with two attached hydrogens (primary N) is 1. The van der Waals surface area contributed by atoms with Gasteiger partial charge in [0.05, 0.1) is 12.0 Å². The molecule has 2 saturated heterocycles. The van der Waals surface area contributed by atoms with Crippen LogP contribution in [0.2, 0.25) is 0 Å². The molecule has 2 fully saturated rings. The highest BCUT2D eigenvalue weighted by molar-refractivity contribution is 7.85. The van der Waals surface area contributed by atoms with Gasteiger partial charge in [-0.3, -0.25) is 23.4 Å². The standard InChI is InChI=1S/C27H30FN9O3S2/c28-19-16-18(17-34-11-14-42(39)15-12-34)3-4-20(19)35-8-5-33(6-9-35)7-10-36-24-22(41-27(36)38)25-30-23(21-2-1-13-40-21)32-37(25)26(29)31-24/h1-4,13,16H,5-12,14-15,17H2,(H2,29,31). The summed E-state index contributed by atoms with van der Waals surface area (Å²) in [5.41, 5.74) is 8.71. The summed E-state index contributed by atoms with van der Waals surface area (Å²) in [5, 5.41) is 4.40. The van der Waals surface area contributed by atoms with E-state index in [-0.39, 0.29) is 16.6 Å². The second kappa shape index (κ2) is 11.2. The predicted octanol–water partition coefficient (Wildman–Crippen LogP) is 1.87. The van der Waals surface area contributed by atoms with Gasteiger partial charge >= 0.3 is 4.87 Å². The van der Waals surface area contributed by atoms with Crippen molar-refractivity contribution >= 4 is 49.8 Å². The minimum atomic E-state index is -0.721. The number of hydrogen-bond donors (Lipinski definition) is 1. The smallest absolute Gasteiger partial charge is 0.309 e. The third-order valence-electron chi connectivity index (χ3n) is 7.90. The Morgan fingerprint density at radius 1 is 1.00 bits per heavy atom. The number of nitrogens with zero attached hydrogens (tertiary/aromatic N) is 8. The van der Waals surface area contributed by atoms with E-state index in [0.29, 0.717) is 77.5 Å². The molecule has 0 radical (unpaired) electrons. The molecule has 220 valence electrons. The van der Waals surface area contributed by atoms with Crippen LogP contribution in [0.1, 0.15) is 5.56 Å². The molecular weight excluding hydrogens is 581 g/mol. The largest absolute Gasteiger partial charge is 0.461 e. The third kappa shape index (κ3) is 5.21. The number of hydrogen-bond acceptors (Lipinski definition) is 11. The lowest BCUT2D eigenvalue weighted by Gasteiger charge is -2.36. The monoisotopic (exact) mass is 611 g/mol. The molecule has 2 aliphatic heterocycles. The van der Waals surface area contributed by atoms with Gasteiger partial charge in [-0.1, -0.05) is 17.4 Å². The van der Waals surface area contributed by atoms with Crippen molar-refractivity contribution < 1.29 is 13.0 Å². The van der Waals surface area contributed by atoms with E-state index >= 15 is 4.39 Å². The van der Waals surface area contributed by atoms with E-state index in [9.17, 15) is 9.00 Å². The van der Waals surface area contributed by atoms with Crippen LogP contribution in [0.5, 0.6) is 0 Å². The molecule has 0 saturated carbocycles. The molecule has 2 N–H and O–H groups in total. The molecule has 0 aliphatic carbocycles. The molecular formula is C27H30FN9O3S2. The zero-order valence-corrected chi connectivity index (χ0v) is 24.4. The Morgan fingerprint density at radius 2 is 1.81 bits per heavy atom. The number of halogens is 1. The summed E-state index contributed by atoms with van der Waals surface area (Å²) in [6.45, 7) is 6.22. The minimum absolute atomic E-state index is 0.133. The highest BCUT2D eigenvalue weighted by Crippen LogP contribution is 2.26. The molecule has 42 heavy (non-hydrogen) atoms. The molecule has 15 heteroatoms. The van der Waals surface area contributed by atoms with E-state index < -0.39 is 10.8 Å². The van der Waals surface area contributed by atoms with Crippen molar-refractivity contribution in [2.24, 2.45) is 0 Å². The number of anilines is 2. The number of nitrogen functional groups attached to an aromatic ring is 1. The number of aromatic nitrogens is 5. The molecule has 1 aromatic carbocycles. The molecule has 0 atom stereocenters. The summed E-state index contributed by atoms with van der Waals surface area (Å²) in [7, 11) is -0.721. The van der Waals surface area contributed by atoms with Crippen LogP contribution in [0.4, 0.5) is 16.0 Å². The fraction of sp³-hybridized carbons (Fsp3) is 0.407. The van der Waals surface area contributed by atoms with Gasteiger partial charge in [0.1, 0.15) is 10.5 Å². The van der Waals surface area contributed by atoms with Gasteiger partial charge in [-0.15, -0.1) is 5.10 Å². The Balaban J connectivity index is 0.998. The molecule has 2 aliphatic rings. The molecule has 0 unspecified atom stereocenters. The van der Waals surface area contributed by atoms with Crippen LogP contribution < -0.4 is 15.5 Å². The maximum absolute atomic E-state index is 15.1. The van der Waals surface area contributed by atoms with Crippen molar-refractivity contribution in [1.29, 1.82) is 0 Å². The van der Waals surface area contributed by atoms with Gasteiger partial charge in [-0.2, -0.15) is 9.50 Å². The van der Waals surface area contributed by atoms with Crippen molar-refractivity contribution in [2.75, 3.05) is 68.0 Å². The van der Waals surface area contributed by atoms with Crippen LogP contribution in [0, 0.1) is 5.82 Å². The SMILES string of the molecule is Nc1nc2c(sc(=O)n2CCN2CCN(c3ccc(CN4CCS(=O)CC4)cc3F)CC2)c2nc(-c3ccco3)nn12. The third-order valence-corrected chi connectivity index (χ3v) is 10.1. The topological polar surface area (TPSA) is 131 Å². The summed E-state index contributed by atoms with van der Waals surface area (Å²) >= 11 is 1.08. The molecule has 5 aromatic rings. The maximum atomic E-state index is 15.1. The van der Waals surface area contributed by atoms with Gasteiger partial charge < -0.3 is 15.1 Å².